The molecule has 8 heteroatoms. The molecule has 1 atom stereocenters. The molecule has 6 nitrogen and oxygen atoms in total. The van der Waals surface area contributed by atoms with Crippen molar-refractivity contribution in [2.45, 2.75) is 32.4 Å². The van der Waals surface area contributed by atoms with E-state index in [1.54, 1.807) is 23.2 Å². The Kier molecular flexibility index (Phi) is 4.99. The van der Waals surface area contributed by atoms with Gasteiger partial charge in [0.2, 0.25) is 5.95 Å². The van der Waals surface area contributed by atoms with Gasteiger partial charge in [-0.05, 0) is 31.9 Å². The number of nitrogens with zero attached hydrogens (tertiary/aromatic N) is 4. The fourth-order valence-corrected chi connectivity index (χ4v) is 4.12. The van der Waals surface area contributed by atoms with E-state index in [9.17, 15) is 9.18 Å². The zero-order valence-corrected chi connectivity index (χ0v) is 16.7. The predicted molar refractivity (Wildman–Crippen MR) is 105 cm³/mol. The number of hydrogen-bond donors (Lipinski definition) is 1. The van der Waals surface area contributed by atoms with Crippen molar-refractivity contribution < 1.29 is 9.18 Å². The first-order valence-corrected chi connectivity index (χ1v) is 9.97. The number of carbonyl (C=O) groups is 1. The first kappa shape index (κ1) is 18.2. The molecule has 1 saturated heterocycles. The highest BCUT2D eigenvalue weighted by Gasteiger charge is 2.37. The Hall–Kier alpha value is -2.22. The third kappa shape index (κ3) is 3.50. The molecule has 1 fully saturated rings. The minimum Gasteiger partial charge on any atom is -0.354 e. The molecule has 2 aromatic rings. The number of anilines is 2. The van der Waals surface area contributed by atoms with Gasteiger partial charge in [-0.15, -0.1) is 0 Å². The van der Waals surface area contributed by atoms with Gasteiger partial charge in [-0.25, -0.2) is 9.37 Å². The van der Waals surface area contributed by atoms with Crippen LogP contribution in [-0.2, 0) is 6.54 Å². The van der Waals surface area contributed by atoms with Gasteiger partial charge in [0.05, 0.1) is 0 Å². The highest BCUT2D eigenvalue weighted by atomic mass is 79.9. The van der Waals surface area contributed by atoms with Crippen molar-refractivity contribution in [3.8, 4) is 0 Å². The Bertz CT molecular complexity index is 877. The number of halogens is 2. The first-order chi connectivity index (χ1) is 13.1. The topological polar surface area (TPSA) is 61.4 Å². The zero-order chi connectivity index (χ0) is 19.0. The molecule has 1 N–H and O–H groups in total. The lowest BCUT2D eigenvalue weighted by Gasteiger charge is -2.27. The van der Waals surface area contributed by atoms with E-state index in [-0.39, 0.29) is 24.3 Å². The second-order valence-electron chi connectivity index (χ2n) is 6.87. The summed E-state index contributed by atoms with van der Waals surface area (Å²) in [5.41, 5.74) is 0.989. The van der Waals surface area contributed by atoms with E-state index in [1.165, 1.54) is 6.07 Å². The second kappa shape index (κ2) is 7.42. The van der Waals surface area contributed by atoms with E-state index < -0.39 is 0 Å². The van der Waals surface area contributed by atoms with Crippen LogP contribution in [0.1, 0.15) is 35.7 Å². The van der Waals surface area contributed by atoms with Crippen LogP contribution in [0, 0.1) is 5.82 Å². The van der Waals surface area contributed by atoms with Crippen LogP contribution in [0.2, 0.25) is 0 Å². The lowest BCUT2D eigenvalue weighted by Crippen LogP contribution is -2.39. The van der Waals surface area contributed by atoms with Crippen molar-refractivity contribution >= 4 is 33.6 Å². The van der Waals surface area contributed by atoms with E-state index in [2.05, 4.69) is 36.1 Å². The van der Waals surface area contributed by atoms with Crippen molar-refractivity contribution in [2.75, 3.05) is 29.9 Å². The molecule has 4 rings (SSSR count). The van der Waals surface area contributed by atoms with Gasteiger partial charge in [-0.2, -0.15) is 4.98 Å². The predicted octanol–water partition coefficient (Wildman–Crippen LogP) is 3.43. The molecule has 3 heterocycles. The van der Waals surface area contributed by atoms with E-state index in [0.717, 1.165) is 19.4 Å². The molecule has 2 aliphatic rings. The molecular weight excluding hydrogens is 413 g/mol. The molecule has 1 unspecified atom stereocenters. The van der Waals surface area contributed by atoms with Crippen molar-refractivity contribution in [1.82, 2.24) is 14.9 Å². The summed E-state index contributed by atoms with van der Waals surface area (Å²) in [6.07, 6.45) is 3.64. The van der Waals surface area contributed by atoms with Gasteiger partial charge in [0.25, 0.3) is 5.91 Å². The fourth-order valence-electron chi connectivity index (χ4n) is 3.79. The van der Waals surface area contributed by atoms with E-state index >= 15 is 0 Å². The number of nitrogens with one attached hydrogen (secondary N) is 1. The monoisotopic (exact) mass is 433 g/mol. The maximum atomic E-state index is 14.3. The Labute approximate surface area is 165 Å². The average molecular weight is 434 g/mol. The largest absolute Gasteiger partial charge is 0.354 e. The molecule has 0 saturated carbocycles. The molecule has 0 bridgehead atoms. The molecule has 1 aromatic carbocycles. The molecule has 1 amide bonds. The van der Waals surface area contributed by atoms with E-state index in [4.69, 9.17) is 0 Å². The van der Waals surface area contributed by atoms with Gasteiger partial charge in [-0.3, -0.25) is 4.79 Å². The van der Waals surface area contributed by atoms with Crippen LogP contribution in [0.4, 0.5) is 16.2 Å². The third-order valence-electron chi connectivity index (χ3n) is 5.08. The molecule has 2 aliphatic heterocycles. The molecule has 1 aromatic heterocycles. The molecule has 0 radical (unpaired) electrons. The Morgan fingerprint density at radius 1 is 1.41 bits per heavy atom. The number of aromatic nitrogens is 2. The molecule has 0 spiro atoms. The van der Waals surface area contributed by atoms with E-state index in [1.807, 2.05) is 6.92 Å². The van der Waals surface area contributed by atoms with Gasteiger partial charge in [0, 0.05) is 48.5 Å². The summed E-state index contributed by atoms with van der Waals surface area (Å²) in [4.78, 5) is 26.0. The summed E-state index contributed by atoms with van der Waals surface area (Å²) in [5, 5.41) is 3.11. The second-order valence-corrected chi connectivity index (χ2v) is 7.79. The minimum atomic E-state index is -0.316. The summed E-state index contributed by atoms with van der Waals surface area (Å²) in [7, 11) is 0. The van der Waals surface area contributed by atoms with Crippen LogP contribution >= 0.6 is 15.9 Å². The first-order valence-electron chi connectivity index (χ1n) is 9.17. The maximum Gasteiger partial charge on any atom is 0.259 e. The van der Waals surface area contributed by atoms with Crippen LogP contribution in [0.3, 0.4) is 0 Å². The summed E-state index contributed by atoms with van der Waals surface area (Å²) < 4.78 is 15.0. The Morgan fingerprint density at radius 3 is 3.04 bits per heavy atom. The van der Waals surface area contributed by atoms with Gasteiger partial charge >= 0.3 is 0 Å². The van der Waals surface area contributed by atoms with Crippen LogP contribution in [0.25, 0.3) is 0 Å². The Balaban J connectivity index is 1.70. The van der Waals surface area contributed by atoms with Gasteiger partial charge in [0.15, 0.2) is 0 Å². The van der Waals surface area contributed by atoms with Gasteiger partial charge < -0.3 is 15.1 Å². The molecule has 142 valence electrons. The molecular formula is C19H21BrFN5O. The van der Waals surface area contributed by atoms with E-state index in [0.29, 0.717) is 40.5 Å². The van der Waals surface area contributed by atoms with Gasteiger partial charge in [-0.1, -0.05) is 22.0 Å². The summed E-state index contributed by atoms with van der Waals surface area (Å²) in [5.74, 6) is 0.753. The lowest BCUT2D eigenvalue weighted by molar-refractivity contribution is 0.0740. The van der Waals surface area contributed by atoms with Crippen molar-refractivity contribution in [1.29, 1.82) is 0 Å². The standard InChI is InChI=1S/C19H21BrFN5O/c1-2-22-19-23-9-15-17(24-19)26-7-3-4-14(26)11-25(18(15)27)10-12-5-6-13(20)8-16(12)21/h5-6,8-9,14H,2-4,7,10-11H2,1H3,(H,22,23,24). The minimum absolute atomic E-state index is 0.148. The number of amides is 1. The van der Waals surface area contributed by atoms with Crippen LogP contribution in [0.5, 0.6) is 0 Å². The SMILES string of the molecule is CCNc1ncc2c(n1)N1CCCC1CN(Cc1ccc(Br)cc1F)C2=O. The summed E-state index contributed by atoms with van der Waals surface area (Å²) in [6, 6.07) is 5.13. The highest BCUT2D eigenvalue weighted by Crippen LogP contribution is 2.33. The maximum absolute atomic E-state index is 14.3. The van der Waals surface area contributed by atoms with Crippen molar-refractivity contribution in [2.24, 2.45) is 0 Å². The number of hydrogen-bond acceptors (Lipinski definition) is 5. The third-order valence-corrected chi connectivity index (χ3v) is 5.57. The highest BCUT2D eigenvalue weighted by molar-refractivity contribution is 9.10. The fraction of sp³-hybridized carbons (Fsp3) is 0.421. The quantitative estimate of drug-likeness (QED) is 0.799. The molecule has 27 heavy (non-hydrogen) atoms. The number of rotatable bonds is 4. The number of benzene rings is 1. The summed E-state index contributed by atoms with van der Waals surface area (Å²) in [6.45, 7) is 4.35. The average Bonchev–Trinajstić information content (AvgIpc) is 3.07. The Morgan fingerprint density at radius 2 is 2.26 bits per heavy atom. The lowest BCUT2D eigenvalue weighted by atomic mass is 10.1. The van der Waals surface area contributed by atoms with Crippen molar-refractivity contribution in [3.63, 3.8) is 0 Å². The summed E-state index contributed by atoms with van der Waals surface area (Å²) >= 11 is 3.27. The number of fused-ring (bicyclic) bond motifs is 3. The number of carbonyl (C=O) groups excluding carboxylic acids is 1. The van der Waals surface area contributed by atoms with Gasteiger partial charge in [0.1, 0.15) is 17.2 Å². The normalized spacial score (nSPS) is 18.9. The van der Waals surface area contributed by atoms with Crippen LogP contribution < -0.4 is 10.2 Å². The van der Waals surface area contributed by atoms with Crippen LogP contribution in [-0.4, -0.2) is 46.5 Å². The zero-order valence-electron chi connectivity index (χ0n) is 15.1. The molecule has 0 aliphatic carbocycles. The van der Waals surface area contributed by atoms with Crippen molar-refractivity contribution in [3.05, 3.63) is 45.8 Å². The van der Waals surface area contributed by atoms with Crippen LogP contribution in [0.15, 0.2) is 28.9 Å². The smallest absolute Gasteiger partial charge is 0.259 e.